The van der Waals surface area contributed by atoms with Crippen LogP contribution >= 0.6 is 12.4 Å². The van der Waals surface area contributed by atoms with Crippen LogP contribution in [0.3, 0.4) is 0 Å². The minimum Gasteiger partial charge on any atom is -0.453 e. The summed E-state index contributed by atoms with van der Waals surface area (Å²) in [5, 5.41) is 0. The van der Waals surface area contributed by atoms with Crippen molar-refractivity contribution in [3.63, 3.8) is 0 Å². The Kier molecular flexibility index (Phi) is 8.75. The highest BCUT2D eigenvalue weighted by atomic mass is 35.5. The summed E-state index contributed by atoms with van der Waals surface area (Å²) < 4.78 is 10.1. The number of halogens is 1. The average Bonchev–Trinajstić information content (AvgIpc) is 2.44. The molecule has 0 aliphatic heterocycles. The zero-order valence-electron chi connectivity index (χ0n) is 13.4. The fourth-order valence-corrected chi connectivity index (χ4v) is 1.94. The maximum atomic E-state index is 11.8. The predicted octanol–water partition coefficient (Wildman–Crippen LogP) is 2.76. The quantitative estimate of drug-likeness (QED) is 0.641. The number of nitrogens with two attached hydrogens (primary N) is 1. The maximum absolute atomic E-state index is 11.8. The Balaban J connectivity index is 0.00000441. The molecular formula is C16H24ClNO4. The van der Waals surface area contributed by atoms with Crippen LogP contribution in [0.2, 0.25) is 0 Å². The van der Waals surface area contributed by atoms with Gasteiger partial charge in [-0.25, -0.2) is 4.79 Å². The number of hydrogen-bond donors (Lipinski definition) is 1. The Morgan fingerprint density at radius 2 is 1.55 bits per heavy atom. The van der Waals surface area contributed by atoms with Crippen molar-refractivity contribution >= 4 is 24.3 Å². The molecule has 0 radical (unpaired) electrons. The standard InChI is InChI=1S/C16H23NO4.ClH/c1-10(2)12-6-5-7-13(11(3)4)16(12)21-15(19)9-20-14(18)8-17;/h5-7,10-11H,8-9,17H2,1-4H3;1H. The van der Waals surface area contributed by atoms with E-state index in [1.807, 2.05) is 45.9 Å². The van der Waals surface area contributed by atoms with E-state index in [1.165, 1.54) is 0 Å². The number of ether oxygens (including phenoxy) is 2. The van der Waals surface area contributed by atoms with E-state index in [2.05, 4.69) is 4.74 Å². The van der Waals surface area contributed by atoms with Gasteiger partial charge in [0.1, 0.15) is 5.75 Å². The molecule has 0 aromatic heterocycles. The van der Waals surface area contributed by atoms with Gasteiger partial charge in [-0.05, 0) is 23.0 Å². The molecule has 2 N–H and O–H groups in total. The van der Waals surface area contributed by atoms with E-state index in [4.69, 9.17) is 10.5 Å². The van der Waals surface area contributed by atoms with Crippen molar-refractivity contribution in [3.05, 3.63) is 29.3 Å². The van der Waals surface area contributed by atoms with Gasteiger partial charge in [-0.3, -0.25) is 4.79 Å². The van der Waals surface area contributed by atoms with Gasteiger partial charge in [0.15, 0.2) is 6.61 Å². The SMILES string of the molecule is CC(C)c1cccc(C(C)C)c1OC(=O)COC(=O)CN.Cl. The number of benzene rings is 1. The summed E-state index contributed by atoms with van der Waals surface area (Å²) in [6.45, 7) is 7.44. The monoisotopic (exact) mass is 329 g/mol. The minimum atomic E-state index is -0.631. The molecular weight excluding hydrogens is 306 g/mol. The van der Waals surface area contributed by atoms with Crippen LogP contribution in [-0.2, 0) is 14.3 Å². The minimum absolute atomic E-state index is 0. The molecule has 0 saturated carbocycles. The third kappa shape index (κ3) is 5.66. The van der Waals surface area contributed by atoms with Gasteiger partial charge >= 0.3 is 11.9 Å². The molecule has 0 aliphatic carbocycles. The molecule has 0 fully saturated rings. The maximum Gasteiger partial charge on any atom is 0.349 e. The predicted molar refractivity (Wildman–Crippen MR) is 87.5 cm³/mol. The van der Waals surface area contributed by atoms with Crippen LogP contribution in [0.1, 0.15) is 50.7 Å². The van der Waals surface area contributed by atoms with Crippen LogP contribution in [0.4, 0.5) is 0 Å². The second-order valence-corrected chi connectivity index (χ2v) is 5.41. The molecule has 1 rings (SSSR count). The van der Waals surface area contributed by atoms with Crippen LogP contribution in [0, 0.1) is 0 Å². The lowest BCUT2D eigenvalue weighted by Gasteiger charge is -2.18. The first kappa shape index (κ1) is 20.4. The van der Waals surface area contributed by atoms with Crippen molar-refractivity contribution in [1.29, 1.82) is 0 Å². The summed E-state index contributed by atoms with van der Waals surface area (Å²) in [7, 11) is 0. The van der Waals surface area contributed by atoms with Crippen molar-refractivity contribution in [2.24, 2.45) is 5.73 Å². The second kappa shape index (κ2) is 9.43. The Hall–Kier alpha value is -1.59. The Bertz CT molecular complexity index is 489. The van der Waals surface area contributed by atoms with Gasteiger partial charge in [0.05, 0.1) is 6.54 Å². The normalized spacial score (nSPS) is 10.3. The van der Waals surface area contributed by atoms with Crippen LogP contribution in [0.5, 0.6) is 5.75 Å². The number of hydrogen-bond acceptors (Lipinski definition) is 5. The summed E-state index contributed by atoms with van der Waals surface area (Å²) in [6, 6.07) is 5.83. The lowest BCUT2D eigenvalue weighted by atomic mass is 9.94. The van der Waals surface area contributed by atoms with Crippen LogP contribution in [0.25, 0.3) is 0 Å². The third-order valence-electron chi connectivity index (χ3n) is 3.05. The Labute approximate surface area is 137 Å². The molecule has 0 bridgehead atoms. The molecule has 0 unspecified atom stereocenters. The number of rotatable bonds is 6. The van der Waals surface area contributed by atoms with Crippen LogP contribution < -0.4 is 10.5 Å². The van der Waals surface area contributed by atoms with Crippen molar-refractivity contribution in [3.8, 4) is 5.75 Å². The summed E-state index contributed by atoms with van der Waals surface area (Å²) in [4.78, 5) is 22.8. The topological polar surface area (TPSA) is 78.6 Å². The van der Waals surface area contributed by atoms with E-state index in [1.54, 1.807) is 0 Å². The van der Waals surface area contributed by atoms with Gasteiger partial charge < -0.3 is 15.2 Å². The highest BCUT2D eigenvalue weighted by Gasteiger charge is 2.18. The van der Waals surface area contributed by atoms with E-state index in [0.29, 0.717) is 5.75 Å². The first-order valence-corrected chi connectivity index (χ1v) is 7.06. The molecule has 0 heterocycles. The molecule has 0 amide bonds. The highest BCUT2D eigenvalue weighted by Crippen LogP contribution is 2.34. The van der Waals surface area contributed by atoms with E-state index in [0.717, 1.165) is 11.1 Å². The molecule has 1 aromatic rings. The largest absolute Gasteiger partial charge is 0.453 e. The smallest absolute Gasteiger partial charge is 0.349 e. The van der Waals surface area contributed by atoms with Gasteiger partial charge in [-0.2, -0.15) is 0 Å². The summed E-state index contributed by atoms with van der Waals surface area (Å²) in [6.07, 6.45) is 0. The number of carbonyl (C=O) groups excluding carboxylic acids is 2. The van der Waals surface area contributed by atoms with E-state index >= 15 is 0 Å². The van der Waals surface area contributed by atoms with Gasteiger partial charge in [0, 0.05) is 0 Å². The lowest BCUT2D eigenvalue weighted by molar-refractivity contribution is -0.152. The van der Waals surface area contributed by atoms with Gasteiger partial charge in [0.25, 0.3) is 0 Å². The van der Waals surface area contributed by atoms with E-state index in [-0.39, 0.29) is 30.8 Å². The van der Waals surface area contributed by atoms with Crippen molar-refractivity contribution in [1.82, 2.24) is 0 Å². The second-order valence-electron chi connectivity index (χ2n) is 5.41. The summed E-state index contributed by atoms with van der Waals surface area (Å²) >= 11 is 0. The van der Waals surface area contributed by atoms with Crippen LogP contribution in [-0.4, -0.2) is 25.1 Å². The molecule has 0 aliphatic rings. The third-order valence-corrected chi connectivity index (χ3v) is 3.05. The Morgan fingerprint density at radius 1 is 1.05 bits per heavy atom. The zero-order chi connectivity index (χ0) is 16.0. The molecule has 22 heavy (non-hydrogen) atoms. The summed E-state index contributed by atoms with van der Waals surface area (Å²) in [5.41, 5.74) is 7.03. The molecule has 0 saturated heterocycles. The highest BCUT2D eigenvalue weighted by molar-refractivity contribution is 5.85. The number of esters is 2. The van der Waals surface area contributed by atoms with E-state index < -0.39 is 18.5 Å². The van der Waals surface area contributed by atoms with E-state index in [9.17, 15) is 9.59 Å². The fraction of sp³-hybridized carbons (Fsp3) is 0.500. The first-order valence-electron chi connectivity index (χ1n) is 7.06. The Morgan fingerprint density at radius 3 is 1.95 bits per heavy atom. The molecule has 6 heteroatoms. The van der Waals surface area contributed by atoms with Crippen LogP contribution in [0.15, 0.2) is 18.2 Å². The van der Waals surface area contributed by atoms with Gasteiger partial charge in [-0.1, -0.05) is 45.9 Å². The first-order chi connectivity index (χ1) is 9.86. The lowest BCUT2D eigenvalue weighted by Crippen LogP contribution is -2.24. The number of para-hydroxylation sites is 1. The molecule has 5 nitrogen and oxygen atoms in total. The molecule has 0 spiro atoms. The molecule has 124 valence electrons. The average molecular weight is 330 g/mol. The number of carbonyl (C=O) groups is 2. The van der Waals surface area contributed by atoms with Gasteiger partial charge in [0.2, 0.25) is 0 Å². The molecule has 0 atom stereocenters. The zero-order valence-corrected chi connectivity index (χ0v) is 14.2. The van der Waals surface area contributed by atoms with Crippen molar-refractivity contribution < 1.29 is 19.1 Å². The van der Waals surface area contributed by atoms with Crippen molar-refractivity contribution in [2.45, 2.75) is 39.5 Å². The molecule has 1 aromatic carbocycles. The van der Waals surface area contributed by atoms with Crippen molar-refractivity contribution in [2.75, 3.05) is 13.2 Å². The fourth-order valence-electron chi connectivity index (χ4n) is 1.94. The van der Waals surface area contributed by atoms with Gasteiger partial charge in [-0.15, -0.1) is 12.4 Å². The summed E-state index contributed by atoms with van der Waals surface area (Å²) in [5.74, 6) is -0.229.